The number of anilines is 1. The maximum absolute atomic E-state index is 12.8. The summed E-state index contributed by atoms with van der Waals surface area (Å²) in [6.07, 6.45) is 2.48. The van der Waals surface area contributed by atoms with Crippen molar-refractivity contribution >= 4 is 34.7 Å². The summed E-state index contributed by atoms with van der Waals surface area (Å²) in [5.41, 5.74) is 1.53. The van der Waals surface area contributed by atoms with Crippen LogP contribution in [0.5, 0.6) is 0 Å². The number of benzene rings is 1. The number of carbonyl (C=O) groups excluding carboxylic acids is 1. The number of rotatable bonds is 12. The Morgan fingerprint density at radius 1 is 1.29 bits per heavy atom. The van der Waals surface area contributed by atoms with Gasteiger partial charge in [0.05, 0.1) is 12.7 Å². The van der Waals surface area contributed by atoms with Crippen molar-refractivity contribution in [1.29, 1.82) is 10.5 Å². The van der Waals surface area contributed by atoms with Gasteiger partial charge in [0, 0.05) is 38.6 Å². The van der Waals surface area contributed by atoms with E-state index in [0.29, 0.717) is 17.7 Å². The van der Waals surface area contributed by atoms with Crippen molar-refractivity contribution in [3.05, 3.63) is 49.4 Å². The normalized spacial score (nSPS) is 12.2. The number of nitrogens with one attached hydrogen (secondary N) is 2. The molecule has 9 nitrogen and oxygen atoms in total. The predicted octanol–water partition coefficient (Wildman–Crippen LogP) is 0.605. The lowest BCUT2D eigenvalue weighted by atomic mass is 10.1. The van der Waals surface area contributed by atoms with Gasteiger partial charge in [-0.2, -0.15) is 10.5 Å². The Balaban J connectivity index is 2.28. The molecule has 2 rings (SSSR count). The molecule has 10 heteroatoms. The van der Waals surface area contributed by atoms with Gasteiger partial charge >= 0.3 is 0 Å². The molecule has 0 atom stereocenters. The van der Waals surface area contributed by atoms with Gasteiger partial charge in [-0.15, -0.1) is 11.3 Å². The first-order chi connectivity index (χ1) is 16.5. The molecular formula is C24H30N6O3S. The van der Waals surface area contributed by atoms with E-state index in [1.54, 1.807) is 26.3 Å². The molecule has 0 aliphatic rings. The number of likely N-dealkylation sites (N-methyl/N-ethyl adjacent to an activating group) is 1. The van der Waals surface area contributed by atoms with E-state index in [0.717, 1.165) is 43.1 Å². The highest BCUT2D eigenvalue weighted by Gasteiger charge is 2.14. The van der Waals surface area contributed by atoms with Crippen LogP contribution in [0, 0.1) is 22.7 Å². The first kappa shape index (κ1) is 26.8. The second-order valence-electron chi connectivity index (χ2n) is 7.31. The fourth-order valence-electron chi connectivity index (χ4n) is 3.30. The van der Waals surface area contributed by atoms with Crippen molar-refractivity contribution in [2.24, 2.45) is 0 Å². The van der Waals surface area contributed by atoms with Gasteiger partial charge in [0.25, 0.3) is 11.5 Å². The van der Waals surface area contributed by atoms with Crippen LogP contribution in [0.2, 0.25) is 0 Å². The predicted molar refractivity (Wildman–Crippen MR) is 133 cm³/mol. The zero-order chi connectivity index (χ0) is 24.9. The minimum absolute atomic E-state index is 0.185. The third-order valence-corrected chi connectivity index (χ3v) is 6.31. The molecular weight excluding hydrogens is 452 g/mol. The second kappa shape index (κ2) is 14.0. The molecule has 1 aromatic heterocycles. The summed E-state index contributed by atoms with van der Waals surface area (Å²) >= 11 is 1.06. The maximum Gasteiger partial charge on any atom is 0.270 e. The van der Waals surface area contributed by atoms with Crippen molar-refractivity contribution in [3.63, 3.8) is 0 Å². The van der Waals surface area contributed by atoms with Crippen molar-refractivity contribution in [2.45, 2.75) is 26.8 Å². The van der Waals surface area contributed by atoms with Crippen molar-refractivity contribution < 1.29 is 9.53 Å². The fourth-order valence-corrected chi connectivity index (χ4v) is 4.38. The lowest BCUT2D eigenvalue weighted by Gasteiger charge is -2.19. The quantitative estimate of drug-likeness (QED) is 0.425. The number of ether oxygens (including phenoxy) is 1. The van der Waals surface area contributed by atoms with Crippen molar-refractivity contribution in [3.8, 4) is 12.1 Å². The summed E-state index contributed by atoms with van der Waals surface area (Å²) in [6.45, 7) is 7.45. The van der Waals surface area contributed by atoms with Gasteiger partial charge in [-0.1, -0.05) is 19.1 Å². The second-order valence-corrected chi connectivity index (χ2v) is 8.35. The first-order valence-electron chi connectivity index (χ1n) is 11.0. The van der Waals surface area contributed by atoms with E-state index >= 15 is 0 Å². The van der Waals surface area contributed by atoms with E-state index in [9.17, 15) is 14.9 Å². The molecule has 0 aliphatic heterocycles. The highest BCUT2D eigenvalue weighted by atomic mass is 32.1. The standard InChI is InChI=1S/C24H30N6O3S/c1-4-29(13-14-33-3)12-9-18-7-6-8-19(15-18)28-17-21-23(32)30(5-2)24(34-21)20(16-26)22(31)27-11-10-25/h6-8,15,17,28H,4-5,9,11-14H2,1-3H3,(H,27,31). The van der Waals surface area contributed by atoms with Gasteiger partial charge in [-0.05, 0) is 37.6 Å². The molecule has 0 saturated carbocycles. The molecule has 0 spiro atoms. The van der Waals surface area contributed by atoms with Crippen LogP contribution in [0.3, 0.4) is 0 Å². The Morgan fingerprint density at radius 2 is 2.09 bits per heavy atom. The Morgan fingerprint density at radius 3 is 2.74 bits per heavy atom. The number of aromatic nitrogens is 1. The summed E-state index contributed by atoms with van der Waals surface area (Å²) in [5.74, 6) is -0.675. The van der Waals surface area contributed by atoms with Gasteiger partial charge in [-0.25, -0.2) is 0 Å². The lowest BCUT2D eigenvalue weighted by molar-refractivity contribution is -0.115. The van der Waals surface area contributed by atoms with Crippen LogP contribution in [0.25, 0.3) is 11.8 Å². The number of thiazole rings is 1. The third kappa shape index (κ3) is 7.29. The summed E-state index contributed by atoms with van der Waals surface area (Å²) < 4.78 is 7.19. The SMILES string of the molecule is CCN(CCOC)CCc1cccc(NC=c2sc(=C(C#N)C(=O)NCC#N)n(CC)c2=O)c1. The Hall–Kier alpha value is -3.44. The zero-order valence-corrected chi connectivity index (χ0v) is 20.6. The number of hydrogen-bond donors (Lipinski definition) is 2. The molecule has 0 fully saturated rings. The Bertz CT molecular complexity index is 1240. The Labute approximate surface area is 203 Å². The largest absolute Gasteiger partial charge is 0.383 e. The van der Waals surface area contributed by atoms with Gasteiger partial charge in [0.1, 0.15) is 21.8 Å². The molecule has 0 saturated heterocycles. The van der Waals surface area contributed by atoms with Gasteiger partial charge in [0.15, 0.2) is 5.57 Å². The van der Waals surface area contributed by atoms with E-state index in [-0.39, 0.29) is 22.3 Å². The highest BCUT2D eigenvalue weighted by Crippen LogP contribution is 2.11. The molecule has 0 unspecified atom stereocenters. The summed E-state index contributed by atoms with van der Waals surface area (Å²) in [7, 11) is 1.70. The molecule has 0 bridgehead atoms. The summed E-state index contributed by atoms with van der Waals surface area (Å²) in [5, 5.41) is 23.7. The number of nitriles is 2. The first-order valence-corrected chi connectivity index (χ1v) is 11.9. The topological polar surface area (TPSA) is 123 Å². The lowest BCUT2D eigenvalue weighted by Crippen LogP contribution is -2.34. The monoisotopic (exact) mass is 482 g/mol. The van der Waals surface area contributed by atoms with Crippen LogP contribution in [0.4, 0.5) is 5.69 Å². The average molecular weight is 483 g/mol. The highest BCUT2D eigenvalue weighted by molar-refractivity contribution is 7.07. The number of methoxy groups -OCH3 is 1. The molecule has 0 aliphatic carbocycles. The van der Waals surface area contributed by atoms with Crippen molar-refractivity contribution in [1.82, 2.24) is 14.8 Å². The number of nitrogens with zero attached hydrogens (tertiary/aromatic N) is 4. The van der Waals surface area contributed by atoms with Crippen LogP contribution in [-0.4, -0.2) is 55.3 Å². The van der Waals surface area contributed by atoms with E-state index < -0.39 is 5.91 Å². The average Bonchev–Trinajstić information content (AvgIpc) is 3.17. The maximum atomic E-state index is 12.8. The van der Waals surface area contributed by atoms with Gasteiger partial charge < -0.3 is 20.3 Å². The molecule has 1 heterocycles. The molecule has 2 N–H and O–H groups in total. The smallest absolute Gasteiger partial charge is 0.270 e. The van der Waals surface area contributed by atoms with Crippen molar-refractivity contribution in [2.75, 3.05) is 45.2 Å². The molecule has 34 heavy (non-hydrogen) atoms. The summed E-state index contributed by atoms with van der Waals surface area (Å²) in [6, 6.07) is 11.6. The van der Waals surface area contributed by atoms with E-state index in [2.05, 4.69) is 28.5 Å². The minimum atomic E-state index is -0.675. The molecule has 1 amide bonds. The van der Waals surface area contributed by atoms with Crippen LogP contribution in [0.1, 0.15) is 19.4 Å². The molecule has 180 valence electrons. The van der Waals surface area contributed by atoms with Crippen LogP contribution >= 0.6 is 11.3 Å². The molecule has 1 aromatic carbocycles. The van der Waals surface area contributed by atoms with E-state index in [1.165, 1.54) is 10.1 Å². The van der Waals surface area contributed by atoms with Gasteiger partial charge in [0.2, 0.25) is 0 Å². The van der Waals surface area contributed by atoms with E-state index in [4.69, 9.17) is 10.00 Å². The van der Waals surface area contributed by atoms with E-state index in [1.807, 2.05) is 24.3 Å². The number of amides is 1. The van der Waals surface area contributed by atoms with Crippen LogP contribution in [0.15, 0.2) is 29.1 Å². The summed E-state index contributed by atoms with van der Waals surface area (Å²) in [4.78, 5) is 27.4. The number of carbonyl (C=O) groups is 1. The molecule has 0 radical (unpaired) electrons. The molecule has 2 aromatic rings. The fraction of sp³-hybridized carbons (Fsp3) is 0.417. The number of hydrogen-bond acceptors (Lipinski definition) is 8. The minimum Gasteiger partial charge on any atom is -0.383 e. The Kier molecular flexibility index (Phi) is 11.0. The van der Waals surface area contributed by atoms with Crippen LogP contribution in [-0.2, 0) is 22.5 Å². The zero-order valence-electron chi connectivity index (χ0n) is 19.8. The van der Waals surface area contributed by atoms with Gasteiger partial charge in [-0.3, -0.25) is 14.2 Å². The van der Waals surface area contributed by atoms with Crippen LogP contribution < -0.4 is 25.4 Å². The third-order valence-electron chi connectivity index (χ3n) is 5.18.